The molecule has 1 aliphatic rings. The topological polar surface area (TPSA) is 0 Å². The Morgan fingerprint density at radius 3 is 2.17 bits per heavy atom. The van der Waals surface area contributed by atoms with Gasteiger partial charge in [0.05, 0.1) is 0 Å². The third-order valence-corrected chi connectivity index (χ3v) is 5.75. The molecule has 0 heteroatoms. The zero-order valence-electron chi connectivity index (χ0n) is 16.0. The second-order valence-corrected chi connectivity index (χ2v) is 7.83. The van der Waals surface area contributed by atoms with E-state index in [0.29, 0.717) is 5.41 Å². The Bertz CT molecular complexity index is 583. The third-order valence-electron chi connectivity index (χ3n) is 5.75. The molecule has 0 heterocycles. The fourth-order valence-corrected chi connectivity index (χ4v) is 4.25. The molecule has 0 saturated heterocycles. The van der Waals surface area contributed by atoms with Crippen LogP contribution < -0.4 is 0 Å². The molecule has 1 atom stereocenters. The van der Waals surface area contributed by atoms with Crippen LogP contribution in [-0.2, 0) is 6.42 Å². The summed E-state index contributed by atoms with van der Waals surface area (Å²) >= 11 is 0. The second kappa shape index (κ2) is 7.07. The van der Waals surface area contributed by atoms with Gasteiger partial charge in [-0.1, -0.05) is 90.0 Å². The summed E-state index contributed by atoms with van der Waals surface area (Å²) in [4.78, 5) is 0. The summed E-state index contributed by atoms with van der Waals surface area (Å²) in [6, 6.07) is 9.28. The van der Waals surface area contributed by atoms with Gasteiger partial charge in [-0.15, -0.1) is 0 Å². The monoisotopic (exact) mass is 310 g/mol. The molecule has 0 amide bonds. The van der Waals surface area contributed by atoms with Gasteiger partial charge in [-0.05, 0) is 47.8 Å². The highest BCUT2D eigenvalue weighted by Crippen LogP contribution is 2.55. The molecule has 0 aromatic heterocycles. The normalized spacial score (nSPS) is 25.5. The summed E-state index contributed by atoms with van der Waals surface area (Å²) < 4.78 is 0. The van der Waals surface area contributed by atoms with Crippen LogP contribution in [0.4, 0.5) is 0 Å². The molecule has 0 fully saturated rings. The van der Waals surface area contributed by atoms with Crippen LogP contribution in [0.15, 0.2) is 42.0 Å². The summed E-state index contributed by atoms with van der Waals surface area (Å²) in [5.74, 6) is 0. The average Bonchev–Trinajstić information content (AvgIpc) is 2.53. The highest BCUT2D eigenvalue weighted by molar-refractivity contribution is 5.75. The van der Waals surface area contributed by atoms with Crippen molar-refractivity contribution in [1.29, 1.82) is 0 Å². The maximum atomic E-state index is 2.51. The summed E-state index contributed by atoms with van der Waals surface area (Å²) in [6.07, 6.45) is 10.9. The molecule has 0 N–H and O–H groups in total. The van der Waals surface area contributed by atoms with Crippen molar-refractivity contribution in [3.05, 3.63) is 53.1 Å². The van der Waals surface area contributed by atoms with Crippen molar-refractivity contribution in [3.63, 3.8) is 0 Å². The standard InChI is InChI=1S/C23H34/c1-7-10-18-12-14-19(15-13-18)20-16-17-23(6,9-3)21(11-8-2)22(20,4)5/h11-16H,7-10,17H2,1-6H3/b21-11-. The van der Waals surface area contributed by atoms with Crippen LogP contribution in [0.2, 0.25) is 0 Å². The van der Waals surface area contributed by atoms with E-state index in [-0.39, 0.29) is 5.41 Å². The molecular weight excluding hydrogens is 276 g/mol. The molecule has 2 rings (SSSR count). The van der Waals surface area contributed by atoms with Gasteiger partial charge in [0.2, 0.25) is 0 Å². The maximum absolute atomic E-state index is 2.51. The lowest BCUT2D eigenvalue weighted by Gasteiger charge is -2.46. The molecule has 0 bridgehead atoms. The zero-order chi connectivity index (χ0) is 17.1. The molecule has 0 nitrogen and oxygen atoms in total. The minimum atomic E-state index is 0.116. The fourth-order valence-electron chi connectivity index (χ4n) is 4.25. The Morgan fingerprint density at radius 1 is 1.00 bits per heavy atom. The van der Waals surface area contributed by atoms with Crippen LogP contribution >= 0.6 is 0 Å². The van der Waals surface area contributed by atoms with Crippen LogP contribution in [0.3, 0.4) is 0 Å². The Balaban J connectivity index is 2.44. The van der Waals surface area contributed by atoms with Crippen LogP contribution in [0.5, 0.6) is 0 Å². The van der Waals surface area contributed by atoms with Crippen molar-refractivity contribution < 1.29 is 0 Å². The summed E-state index contributed by atoms with van der Waals surface area (Å²) in [7, 11) is 0. The predicted molar refractivity (Wildman–Crippen MR) is 104 cm³/mol. The van der Waals surface area contributed by atoms with Gasteiger partial charge in [0.15, 0.2) is 0 Å². The SMILES string of the molecule is CC/C=C1\C(C)(CC)CC=C(c2ccc(CCC)cc2)C1(C)C. The van der Waals surface area contributed by atoms with E-state index < -0.39 is 0 Å². The highest BCUT2D eigenvalue weighted by atomic mass is 14.5. The molecule has 1 aromatic carbocycles. The summed E-state index contributed by atoms with van der Waals surface area (Å²) in [5, 5.41) is 0. The third kappa shape index (κ3) is 3.47. The smallest absolute Gasteiger partial charge is 0.0113 e. The van der Waals surface area contributed by atoms with Gasteiger partial charge in [0.1, 0.15) is 0 Å². The highest BCUT2D eigenvalue weighted by Gasteiger charge is 2.41. The molecule has 0 saturated carbocycles. The first-order valence-electron chi connectivity index (χ1n) is 9.40. The first-order chi connectivity index (χ1) is 10.9. The number of hydrogen-bond donors (Lipinski definition) is 0. The molecule has 126 valence electrons. The summed E-state index contributed by atoms with van der Waals surface area (Å²) in [6.45, 7) is 14.1. The number of rotatable bonds is 5. The second-order valence-electron chi connectivity index (χ2n) is 7.83. The van der Waals surface area contributed by atoms with Gasteiger partial charge in [0, 0.05) is 5.41 Å². The minimum absolute atomic E-state index is 0.116. The quantitative estimate of drug-likeness (QED) is 0.504. The van der Waals surface area contributed by atoms with Crippen molar-refractivity contribution in [2.75, 3.05) is 0 Å². The minimum Gasteiger partial charge on any atom is -0.0842 e. The van der Waals surface area contributed by atoms with E-state index >= 15 is 0 Å². The Kier molecular flexibility index (Phi) is 5.55. The van der Waals surface area contributed by atoms with Crippen molar-refractivity contribution in [2.24, 2.45) is 10.8 Å². The van der Waals surface area contributed by atoms with E-state index in [2.05, 4.69) is 78.0 Å². The molecule has 1 unspecified atom stereocenters. The van der Waals surface area contributed by atoms with Crippen molar-refractivity contribution in [2.45, 2.75) is 73.6 Å². The van der Waals surface area contributed by atoms with Crippen LogP contribution in [0, 0.1) is 10.8 Å². The van der Waals surface area contributed by atoms with E-state index in [1.54, 1.807) is 5.57 Å². The average molecular weight is 311 g/mol. The summed E-state index contributed by atoms with van der Waals surface area (Å²) in [5.41, 5.74) is 6.41. The lowest BCUT2D eigenvalue weighted by molar-refractivity contribution is 0.310. The van der Waals surface area contributed by atoms with E-state index in [1.165, 1.54) is 36.0 Å². The maximum Gasteiger partial charge on any atom is 0.0113 e. The largest absolute Gasteiger partial charge is 0.0842 e. The Morgan fingerprint density at radius 2 is 1.65 bits per heavy atom. The van der Waals surface area contributed by atoms with E-state index in [0.717, 1.165) is 12.8 Å². The zero-order valence-corrected chi connectivity index (χ0v) is 16.0. The molecule has 23 heavy (non-hydrogen) atoms. The van der Waals surface area contributed by atoms with Gasteiger partial charge in [-0.2, -0.15) is 0 Å². The molecule has 0 spiro atoms. The van der Waals surface area contributed by atoms with E-state index in [9.17, 15) is 0 Å². The molecular formula is C23H34. The van der Waals surface area contributed by atoms with Gasteiger partial charge in [-0.25, -0.2) is 0 Å². The molecule has 1 aromatic rings. The van der Waals surface area contributed by atoms with Crippen molar-refractivity contribution in [1.82, 2.24) is 0 Å². The number of hydrogen-bond acceptors (Lipinski definition) is 0. The fraction of sp³-hybridized carbons (Fsp3) is 0.565. The van der Waals surface area contributed by atoms with Gasteiger partial charge in [0.25, 0.3) is 0 Å². The lowest BCUT2D eigenvalue weighted by atomic mass is 9.58. The molecule has 1 aliphatic carbocycles. The van der Waals surface area contributed by atoms with Gasteiger partial charge < -0.3 is 0 Å². The van der Waals surface area contributed by atoms with E-state index in [1.807, 2.05) is 0 Å². The first kappa shape index (κ1) is 18.0. The Hall–Kier alpha value is -1.30. The first-order valence-corrected chi connectivity index (χ1v) is 9.40. The number of benzene rings is 1. The van der Waals surface area contributed by atoms with Crippen LogP contribution in [-0.4, -0.2) is 0 Å². The van der Waals surface area contributed by atoms with Gasteiger partial charge in [-0.3, -0.25) is 0 Å². The molecule has 0 aliphatic heterocycles. The van der Waals surface area contributed by atoms with Crippen molar-refractivity contribution in [3.8, 4) is 0 Å². The van der Waals surface area contributed by atoms with Crippen LogP contribution in [0.25, 0.3) is 5.57 Å². The van der Waals surface area contributed by atoms with Crippen molar-refractivity contribution >= 4 is 5.57 Å². The van der Waals surface area contributed by atoms with E-state index in [4.69, 9.17) is 0 Å². The molecule has 0 radical (unpaired) electrons. The predicted octanol–water partition coefficient (Wildman–Crippen LogP) is 7.21. The Labute approximate surface area is 143 Å². The van der Waals surface area contributed by atoms with Gasteiger partial charge >= 0.3 is 0 Å². The number of allylic oxidation sites excluding steroid dienone is 4. The lowest BCUT2D eigenvalue weighted by Crippen LogP contribution is -2.33. The number of aryl methyl sites for hydroxylation is 1. The van der Waals surface area contributed by atoms with Crippen LogP contribution in [0.1, 0.15) is 78.4 Å².